The molecule has 0 saturated carbocycles. The number of ether oxygens (including phenoxy) is 6. The molecule has 0 fully saturated rings. The van der Waals surface area contributed by atoms with E-state index in [4.69, 9.17) is 18.9 Å². The summed E-state index contributed by atoms with van der Waals surface area (Å²) in [5, 5.41) is 5.85. The molecule has 0 saturated heterocycles. The second-order valence-electron chi connectivity index (χ2n) is 11.6. The van der Waals surface area contributed by atoms with Crippen LogP contribution in [0.25, 0.3) is 6.08 Å². The third-order valence-electron chi connectivity index (χ3n) is 8.44. The predicted molar refractivity (Wildman–Crippen MR) is 206 cm³/mol. The van der Waals surface area contributed by atoms with Crippen LogP contribution in [0, 0.1) is 12.2 Å². The number of carbonyl (C=O) groups excluding carboxylic acids is 3. The molecule has 2 unspecified atom stereocenters. The van der Waals surface area contributed by atoms with Gasteiger partial charge in [-0.15, -0.1) is 0 Å². The van der Waals surface area contributed by atoms with Gasteiger partial charge in [0.25, 0.3) is 0 Å². The summed E-state index contributed by atoms with van der Waals surface area (Å²) < 4.78 is 59.6. The standard InChI is InChI=1S/2C12H14BNO4.C12H15NO3.C2HBO/c1-17-9-3-4-10-8(5-9)7-14(13-16)11(10)6-12(15)18-2;1-17-11-5-3-9(4-6-12(15)18-2)10(7-11)8-14-13-16;1-15-9-3-4-10-8(5-9)7-13-11(10)6-12(14)16-2;1-2-3-4/h3-5,11H,6-7H2,1-2H3;3-7,14H,8H2,1-2H3;3-5,11,13H,6-7H2,1-2H3;1H/b;6-4+;;. The summed E-state index contributed by atoms with van der Waals surface area (Å²) >= 11 is 0. The third kappa shape index (κ3) is 14.3. The number of terminal acetylenes is 1. The second kappa shape index (κ2) is 25.1. The van der Waals surface area contributed by atoms with Crippen molar-refractivity contribution in [1.82, 2.24) is 15.4 Å². The van der Waals surface area contributed by atoms with Crippen LogP contribution in [0.2, 0.25) is 0 Å². The van der Waals surface area contributed by atoms with E-state index in [2.05, 4.69) is 31.2 Å². The molecule has 0 amide bonds. The van der Waals surface area contributed by atoms with E-state index in [0.29, 0.717) is 39.7 Å². The van der Waals surface area contributed by atoms with Crippen molar-refractivity contribution >= 4 is 45.7 Å². The van der Waals surface area contributed by atoms with Gasteiger partial charge in [-0.1, -0.05) is 6.07 Å². The summed E-state index contributed by atoms with van der Waals surface area (Å²) in [6, 6.07) is 16.7. The molecule has 0 spiro atoms. The molecule has 2 aliphatic heterocycles. The Kier molecular flexibility index (Phi) is 20.6. The molecule has 3 aromatic carbocycles. The molecular formula is C38H44B3N3O12. The number of methoxy groups -OCH3 is 6. The van der Waals surface area contributed by atoms with E-state index in [1.807, 2.05) is 36.4 Å². The van der Waals surface area contributed by atoms with Gasteiger partial charge in [0.1, 0.15) is 5.75 Å². The summed E-state index contributed by atoms with van der Waals surface area (Å²) in [7, 11) is 10.7. The number of nitrogens with one attached hydrogen (secondary N) is 2. The zero-order valence-electron chi connectivity index (χ0n) is 32.2. The molecule has 2 atom stereocenters. The number of benzene rings is 3. The van der Waals surface area contributed by atoms with Crippen molar-refractivity contribution in [3.05, 3.63) is 94.1 Å². The normalized spacial score (nSPS) is 14.0. The van der Waals surface area contributed by atoms with E-state index in [9.17, 15) is 23.8 Å². The predicted octanol–water partition coefficient (Wildman–Crippen LogP) is 3.04. The van der Waals surface area contributed by atoms with Crippen molar-refractivity contribution in [3.63, 3.8) is 0 Å². The quantitative estimate of drug-likeness (QED) is 0.0850. The summed E-state index contributed by atoms with van der Waals surface area (Å²) in [5.41, 5.74) is 6.00. The first kappa shape index (κ1) is 46.1. The summed E-state index contributed by atoms with van der Waals surface area (Å²) in [6.07, 6.45) is 7.91. The van der Waals surface area contributed by atoms with Gasteiger partial charge >= 0.3 is 241 Å². The zero-order valence-corrected chi connectivity index (χ0v) is 32.2. The van der Waals surface area contributed by atoms with Crippen molar-refractivity contribution in [1.29, 1.82) is 0 Å². The summed E-state index contributed by atoms with van der Waals surface area (Å²) in [6.45, 7) is 1.63. The van der Waals surface area contributed by atoms with E-state index >= 15 is 0 Å². The van der Waals surface area contributed by atoms with Gasteiger partial charge in [-0.2, -0.15) is 0 Å². The average molecular weight is 767 g/mol. The van der Waals surface area contributed by atoms with Gasteiger partial charge in [0.05, 0.1) is 20.6 Å². The monoisotopic (exact) mass is 767 g/mol. The Bertz CT molecular complexity index is 1890. The van der Waals surface area contributed by atoms with Gasteiger partial charge < -0.3 is 14.8 Å². The fraction of sp³-hybridized carbons (Fsp3) is 0.342. The van der Waals surface area contributed by atoms with Crippen LogP contribution < -0.4 is 24.8 Å². The van der Waals surface area contributed by atoms with Gasteiger partial charge in [0.2, 0.25) is 0 Å². The number of hydrogen-bond acceptors (Lipinski definition) is 13. The summed E-state index contributed by atoms with van der Waals surface area (Å²) in [5.74, 6) is 3.09. The third-order valence-corrected chi connectivity index (χ3v) is 8.44. The van der Waals surface area contributed by atoms with Crippen molar-refractivity contribution < 1.29 is 56.9 Å². The molecule has 0 aromatic heterocycles. The molecule has 0 radical (unpaired) electrons. The summed E-state index contributed by atoms with van der Waals surface area (Å²) in [4.78, 5) is 35.2. The number of carbonyl (C=O) groups is 3. The van der Waals surface area contributed by atoms with Crippen LogP contribution in [0.1, 0.15) is 58.3 Å². The van der Waals surface area contributed by atoms with Crippen LogP contribution in [0.4, 0.5) is 0 Å². The van der Waals surface area contributed by atoms with E-state index in [1.54, 1.807) is 56.2 Å². The molecule has 18 heteroatoms. The molecule has 292 valence electrons. The van der Waals surface area contributed by atoms with Crippen LogP contribution in [0.5, 0.6) is 17.2 Å². The van der Waals surface area contributed by atoms with Crippen LogP contribution in [0.15, 0.2) is 60.7 Å². The van der Waals surface area contributed by atoms with E-state index in [-0.39, 0.29) is 30.4 Å². The van der Waals surface area contributed by atoms with Gasteiger partial charge in [0.15, 0.2) is 0 Å². The fourth-order valence-electron chi connectivity index (χ4n) is 5.62. The SMILES string of the molecule is C#CB=O.COC(=O)/C=C/c1ccc(OC)cc1CNB=O.COC(=O)CC1NCc2cc(OC)ccc21.COC(=O)CC1c2ccc(OC)cc2CN1B=O. The van der Waals surface area contributed by atoms with Gasteiger partial charge in [-0.3, -0.25) is 4.79 Å². The molecule has 0 bridgehead atoms. The molecule has 2 N–H and O–H groups in total. The Morgan fingerprint density at radius 3 is 1.95 bits per heavy atom. The number of esters is 3. The fourth-order valence-corrected chi connectivity index (χ4v) is 5.62. The topological polar surface area (TPSA) is 185 Å². The maximum absolute atomic E-state index is 11.4. The van der Waals surface area contributed by atoms with Crippen molar-refractivity contribution in [3.8, 4) is 29.5 Å². The molecule has 2 heterocycles. The number of hydrogen-bond donors (Lipinski definition) is 2. The molecule has 5 rings (SSSR count). The van der Waals surface area contributed by atoms with E-state index in [1.165, 1.54) is 33.0 Å². The molecule has 0 aliphatic carbocycles. The maximum atomic E-state index is 11.4. The number of nitrogens with zero attached hydrogens (tertiary/aromatic N) is 1. The first-order chi connectivity index (χ1) is 27.1. The first-order valence-electron chi connectivity index (χ1n) is 17.0. The molecule has 56 heavy (non-hydrogen) atoms. The van der Waals surface area contributed by atoms with Crippen molar-refractivity contribution in [2.24, 2.45) is 0 Å². The van der Waals surface area contributed by atoms with Gasteiger partial charge in [0, 0.05) is 12.6 Å². The molecular weight excluding hydrogens is 723 g/mol. The molecule has 15 nitrogen and oxygen atoms in total. The van der Waals surface area contributed by atoms with Crippen LogP contribution >= 0.6 is 0 Å². The van der Waals surface area contributed by atoms with Gasteiger partial charge in [-0.05, 0) is 23.3 Å². The van der Waals surface area contributed by atoms with Gasteiger partial charge in [-0.25, -0.2) is 0 Å². The van der Waals surface area contributed by atoms with Crippen LogP contribution in [-0.2, 0) is 62.3 Å². The first-order valence-corrected chi connectivity index (χ1v) is 17.0. The Morgan fingerprint density at radius 1 is 0.821 bits per heavy atom. The van der Waals surface area contributed by atoms with Crippen LogP contribution in [-0.4, -0.2) is 87.1 Å². The molecule has 3 aromatic rings. The number of rotatable bonds is 13. The van der Waals surface area contributed by atoms with E-state index in [0.717, 1.165) is 53.1 Å². The molecule has 2 aliphatic rings. The Balaban J connectivity index is 0.000000277. The minimum atomic E-state index is -0.430. The minimum absolute atomic E-state index is 0.0633. The Labute approximate surface area is 328 Å². The zero-order chi connectivity index (χ0) is 41.5. The van der Waals surface area contributed by atoms with Crippen molar-refractivity contribution in [2.45, 2.75) is 44.6 Å². The van der Waals surface area contributed by atoms with Crippen LogP contribution in [0.3, 0.4) is 0 Å². The number of fused-ring (bicyclic) bond motifs is 2. The van der Waals surface area contributed by atoms with Crippen molar-refractivity contribution in [2.75, 3.05) is 42.7 Å². The Morgan fingerprint density at radius 2 is 1.39 bits per heavy atom. The van der Waals surface area contributed by atoms with E-state index < -0.39 is 5.97 Å². The average Bonchev–Trinajstić information content (AvgIpc) is 3.81. The Hall–Kier alpha value is -6.08. The second-order valence-corrected chi connectivity index (χ2v) is 11.6.